The summed E-state index contributed by atoms with van der Waals surface area (Å²) < 4.78 is 1.57. The predicted molar refractivity (Wildman–Crippen MR) is 47.0 cm³/mol. The van der Waals surface area contributed by atoms with Crippen molar-refractivity contribution in [2.45, 2.75) is 13.5 Å². The number of nitrogens with zero attached hydrogens (tertiary/aromatic N) is 2. The highest BCUT2D eigenvalue weighted by Gasteiger charge is 1.93. The van der Waals surface area contributed by atoms with Gasteiger partial charge in [0.15, 0.2) is 0 Å². The van der Waals surface area contributed by atoms with Crippen LogP contribution in [-0.4, -0.2) is 14.9 Å². The van der Waals surface area contributed by atoms with Crippen LogP contribution in [0.15, 0.2) is 17.2 Å². The summed E-state index contributed by atoms with van der Waals surface area (Å²) in [4.78, 5) is 15.1. The number of halogens is 1. The van der Waals surface area contributed by atoms with Gasteiger partial charge in [0, 0.05) is 23.6 Å². The third kappa shape index (κ3) is 2.15. The molecule has 0 bridgehead atoms. The lowest BCUT2D eigenvalue weighted by atomic mass is 10.4. The fourth-order valence-corrected chi connectivity index (χ4v) is 1.16. The Morgan fingerprint density at radius 2 is 2.45 bits per heavy atom. The van der Waals surface area contributed by atoms with Crippen molar-refractivity contribution >= 4 is 15.9 Å². The molecule has 60 valence electrons. The summed E-state index contributed by atoms with van der Waals surface area (Å²) in [7, 11) is 0. The van der Waals surface area contributed by atoms with Gasteiger partial charge in [0.25, 0.3) is 5.56 Å². The summed E-state index contributed by atoms with van der Waals surface area (Å²) in [5, 5.41) is 0.775. The molecular formula is C7H9BrN2O. The highest BCUT2D eigenvalue weighted by atomic mass is 79.9. The molecule has 0 atom stereocenters. The summed E-state index contributed by atoms with van der Waals surface area (Å²) in [6.45, 7) is 2.48. The molecule has 0 aromatic carbocycles. The van der Waals surface area contributed by atoms with Crippen LogP contribution in [0.2, 0.25) is 0 Å². The van der Waals surface area contributed by atoms with Crippen molar-refractivity contribution in [2.75, 3.05) is 5.33 Å². The lowest BCUT2D eigenvalue weighted by Gasteiger charge is -2.00. The van der Waals surface area contributed by atoms with Gasteiger partial charge in [-0.1, -0.05) is 15.9 Å². The number of alkyl halides is 1. The average molecular weight is 217 g/mol. The number of hydrogen-bond acceptors (Lipinski definition) is 2. The van der Waals surface area contributed by atoms with Crippen LogP contribution in [0.4, 0.5) is 0 Å². The molecule has 0 fully saturated rings. The normalized spacial score (nSPS) is 10.0. The van der Waals surface area contributed by atoms with Gasteiger partial charge in [0.05, 0.1) is 6.33 Å². The highest BCUT2D eigenvalue weighted by molar-refractivity contribution is 9.09. The third-order valence-electron chi connectivity index (χ3n) is 1.34. The van der Waals surface area contributed by atoms with Gasteiger partial charge in [-0.2, -0.15) is 0 Å². The Bertz CT molecular complexity index is 295. The Hall–Kier alpha value is -0.640. The molecule has 0 radical (unpaired) electrons. The molecule has 0 saturated carbocycles. The molecule has 0 spiro atoms. The molecule has 0 aliphatic rings. The zero-order valence-electron chi connectivity index (χ0n) is 6.25. The maximum Gasteiger partial charge on any atom is 0.253 e. The van der Waals surface area contributed by atoms with E-state index < -0.39 is 0 Å². The smallest absolute Gasteiger partial charge is 0.253 e. The van der Waals surface area contributed by atoms with Crippen LogP contribution < -0.4 is 5.56 Å². The van der Waals surface area contributed by atoms with Gasteiger partial charge in [-0.3, -0.25) is 9.36 Å². The van der Waals surface area contributed by atoms with E-state index >= 15 is 0 Å². The topological polar surface area (TPSA) is 34.9 Å². The van der Waals surface area contributed by atoms with Gasteiger partial charge in [-0.15, -0.1) is 0 Å². The molecule has 1 aromatic heterocycles. The quantitative estimate of drug-likeness (QED) is 0.691. The van der Waals surface area contributed by atoms with E-state index in [1.54, 1.807) is 17.8 Å². The van der Waals surface area contributed by atoms with Crippen molar-refractivity contribution in [3.8, 4) is 0 Å². The van der Waals surface area contributed by atoms with E-state index in [1.807, 2.05) is 0 Å². The summed E-state index contributed by atoms with van der Waals surface area (Å²) in [6.07, 6.45) is 1.57. The van der Waals surface area contributed by atoms with Crippen LogP contribution in [0.3, 0.4) is 0 Å². The molecular weight excluding hydrogens is 208 g/mol. The minimum absolute atomic E-state index is 0.0111. The van der Waals surface area contributed by atoms with E-state index in [1.165, 1.54) is 6.07 Å². The van der Waals surface area contributed by atoms with Gasteiger partial charge in [0.1, 0.15) is 0 Å². The minimum Gasteiger partial charge on any atom is -0.298 e. The Kier molecular flexibility index (Phi) is 2.82. The van der Waals surface area contributed by atoms with Crippen LogP contribution >= 0.6 is 15.9 Å². The molecule has 0 unspecified atom stereocenters. The Morgan fingerprint density at radius 1 is 1.73 bits per heavy atom. The van der Waals surface area contributed by atoms with Gasteiger partial charge in [-0.05, 0) is 6.92 Å². The molecule has 4 heteroatoms. The monoisotopic (exact) mass is 216 g/mol. The second-order valence-corrected chi connectivity index (χ2v) is 3.04. The number of aromatic nitrogens is 2. The summed E-state index contributed by atoms with van der Waals surface area (Å²) in [6, 6.07) is 1.53. The summed E-state index contributed by atoms with van der Waals surface area (Å²) >= 11 is 3.25. The molecule has 1 heterocycles. The van der Waals surface area contributed by atoms with Gasteiger partial charge in [0.2, 0.25) is 0 Å². The van der Waals surface area contributed by atoms with Gasteiger partial charge in [-0.25, -0.2) is 4.98 Å². The lowest BCUT2D eigenvalue weighted by Crippen LogP contribution is -2.20. The molecule has 0 N–H and O–H groups in total. The van der Waals surface area contributed by atoms with E-state index in [2.05, 4.69) is 20.9 Å². The van der Waals surface area contributed by atoms with Crippen molar-refractivity contribution in [1.82, 2.24) is 9.55 Å². The van der Waals surface area contributed by atoms with Crippen LogP contribution in [-0.2, 0) is 6.54 Å². The molecule has 0 amide bonds. The van der Waals surface area contributed by atoms with E-state index in [0.717, 1.165) is 11.0 Å². The Balaban J connectivity index is 3.00. The highest BCUT2D eigenvalue weighted by Crippen LogP contribution is 1.87. The van der Waals surface area contributed by atoms with Gasteiger partial charge >= 0.3 is 0 Å². The van der Waals surface area contributed by atoms with E-state index in [4.69, 9.17) is 0 Å². The van der Waals surface area contributed by atoms with Crippen molar-refractivity contribution in [3.63, 3.8) is 0 Å². The molecule has 1 aromatic rings. The van der Waals surface area contributed by atoms with Crippen LogP contribution in [0.5, 0.6) is 0 Å². The SMILES string of the molecule is Cc1cc(=O)n(CCBr)cn1. The van der Waals surface area contributed by atoms with Gasteiger partial charge < -0.3 is 0 Å². The third-order valence-corrected chi connectivity index (χ3v) is 1.70. The number of rotatable bonds is 2. The van der Waals surface area contributed by atoms with E-state index in [0.29, 0.717) is 6.54 Å². The van der Waals surface area contributed by atoms with E-state index in [9.17, 15) is 4.79 Å². The predicted octanol–water partition coefficient (Wildman–Crippen LogP) is 0.947. The first kappa shape index (κ1) is 8.46. The Morgan fingerprint density at radius 3 is 3.00 bits per heavy atom. The molecule has 0 aliphatic heterocycles. The van der Waals surface area contributed by atoms with Crippen molar-refractivity contribution in [2.24, 2.45) is 0 Å². The molecule has 1 rings (SSSR count). The molecule has 0 saturated heterocycles. The second kappa shape index (κ2) is 3.67. The van der Waals surface area contributed by atoms with Crippen LogP contribution in [0, 0.1) is 6.92 Å². The number of hydrogen-bond donors (Lipinski definition) is 0. The first-order chi connectivity index (χ1) is 5.24. The zero-order chi connectivity index (χ0) is 8.27. The fourth-order valence-electron chi connectivity index (χ4n) is 0.776. The molecule has 3 nitrogen and oxygen atoms in total. The van der Waals surface area contributed by atoms with Crippen molar-refractivity contribution < 1.29 is 0 Å². The minimum atomic E-state index is 0.0111. The number of aryl methyl sites for hydroxylation is 2. The van der Waals surface area contributed by atoms with Crippen LogP contribution in [0.25, 0.3) is 0 Å². The lowest BCUT2D eigenvalue weighted by molar-refractivity contribution is 0.712. The van der Waals surface area contributed by atoms with Crippen molar-refractivity contribution in [1.29, 1.82) is 0 Å². The maximum atomic E-state index is 11.1. The van der Waals surface area contributed by atoms with Crippen molar-refractivity contribution in [3.05, 3.63) is 28.4 Å². The van der Waals surface area contributed by atoms with E-state index in [-0.39, 0.29) is 5.56 Å². The summed E-state index contributed by atoms with van der Waals surface area (Å²) in [5.74, 6) is 0. The first-order valence-corrected chi connectivity index (χ1v) is 4.45. The Labute approximate surface area is 73.2 Å². The largest absolute Gasteiger partial charge is 0.298 e. The second-order valence-electron chi connectivity index (χ2n) is 2.25. The van der Waals surface area contributed by atoms with Crippen LogP contribution in [0.1, 0.15) is 5.69 Å². The maximum absolute atomic E-state index is 11.1. The fraction of sp³-hybridized carbons (Fsp3) is 0.429. The standard InChI is InChI=1S/C7H9BrN2O/c1-6-4-7(11)10(3-2-8)5-9-6/h4-5H,2-3H2,1H3. The molecule has 11 heavy (non-hydrogen) atoms. The molecule has 0 aliphatic carbocycles. The zero-order valence-corrected chi connectivity index (χ0v) is 7.84. The summed E-state index contributed by atoms with van der Waals surface area (Å²) in [5.41, 5.74) is 0.776. The first-order valence-electron chi connectivity index (χ1n) is 3.33. The average Bonchev–Trinajstić information content (AvgIpc) is 1.95.